The Bertz CT molecular complexity index is 108. The van der Waals surface area contributed by atoms with Crippen molar-refractivity contribution in [1.82, 2.24) is 0 Å². The molecule has 0 aliphatic rings. The number of nitrogens with two attached hydrogens (primary N) is 1. The SMILES string of the molecule is C=C.CC(C)=C(C)C(C)N. The molecule has 0 spiro atoms. The van der Waals surface area contributed by atoms with Gasteiger partial charge in [-0.15, -0.1) is 13.2 Å². The van der Waals surface area contributed by atoms with Crippen molar-refractivity contribution >= 4 is 0 Å². The highest BCUT2D eigenvalue weighted by molar-refractivity contribution is 5.11. The second-order valence-corrected chi connectivity index (χ2v) is 2.47. The lowest BCUT2D eigenvalue weighted by atomic mass is 10.1. The van der Waals surface area contributed by atoms with Gasteiger partial charge in [0.2, 0.25) is 0 Å². The largest absolute Gasteiger partial charge is 0.324 e. The summed E-state index contributed by atoms with van der Waals surface area (Å²) in [5.41, 5.74) is 8.21. The van der Waals surface area contributed by atoms with E-state index in [0.717, 1.165) is 0 Å². The zero-order chi connectivity index (χ0) is 8.73. The molecule has 0 fully saturated rings. The summed E-state index contributed by atoms with van der Waals surface area (Å²) in [6.07, 6.45) is 0. The third kappa shape index (κ3) is 5.57. The van der Waals surface area contributed by atoms with Crippen molar-refractivity contribution in [3.63, 3.8) is 0 Å². The third-order valence-corrected chi connectivity index (χ3v) is 1.47. The van der Waals surface area contributed by atoms with Crippen LogP contribution < -0.4 is 5.73 Å². The molecular formula is C9H19N. The molecule has 0 aliphatic heterocycles. The predicted molar refractivity (Wildman–Crippen MR) is 49.0 cm³/mol. The Kier molecular flexibility index (Phi) is 7.97. The van der Waals surface area contributed by atoms with Crippen molar-refractivity contribution in [1.29, 1.82) is 0 Å². The molecule has 0 amide bonds. The van der Waals surface area contributed by atoms with Gasteiger partial charge in [-0.3, -0.25) is 0 Å². The summed E-state index contributed by atoms with van der Waals surface area (Å²) >= 11 is 0. The van der Waals surface area contributed by atoms with Crippen LogP contribution in [0, 0.1) is 0 Å². The summed E-state index contributed by atoms with van der Waals surface area (Å²) < 4.78 is 0. The first kappa shape index (κ1) is 12.1. The Hall–Kier alpha value is -0.560. The summed E-state index contributed by atoms with van der Waals surface area (Å²) in [6.45, 7) is 14.2. The van der Waals surface area contributed by atoms with Crippen LogP contribution in [0.1, 0.15) is 27.7 Å². The normalized spacial score (nSPS) is 10.9. The summed E-state index contributed by atoms with van der Waals surface area (Å²) in [5.74, 6) is 0. The zero-order valence-electron chi connectivity index (χ0n) is 7.57. The Morgan fingerprint density at radius 1 is 1.20 bits per heavy atom. The molecular weight excluding hydrogens is 122 g/mol. The second kappa shape index (κ2) is 6.56. The summed E-state index contributed by atoms with van der Waals surface area (Å²) in [7, 11) is 0. The van der Waals surface area contributed by atoms with Crippen LogP contribution in [-0.4, -0.2) is 6.04 Å². The monoisotopic (exact) mass is 141 g/mol. The van der Waals surface area contributed by atoms with Gasteiger partial charge >= 0.3 is 0 Å². The van der Waals surface area contributed by atoms with Gasteiger partial charge in [0.1, 0.15) is 0 Å². The third-order valence-electron chi connectivity index (χ3n) is 1.47. The predicted octanol–water partition coefficient (Wildman–Crippen LogP) is 2.49. The molecule has 0 aromatic carbocycles. The maximum absolute atomic E-state index is 5.58. The van der Waals surface area contributed by atoms with Gasteiger partial charge in [-0.2, -0.15) is 0 Å². The van der Waals surface area contributed by atoms with Gasteiger partial charge in [0, 0.05) is 6.04 Å². The molecule has 0 heterocycles. The van der Waals surface area contributed by atoms with Gasteiger partial charge in [-0.1, -0.05) is 11.1 Å². The van der Waals surface area contributed by atoms with E-state index in [1.54, 1.807) is 0 Å². The molecule has 0 aromatic heterocycles. The van der Waals surface area contributed by atoms with Crippen molar-refractivity contribution < 1.29 is 0 Å². The Morgan fingerprint density at radius 3 is 1.50 bits per heavy atom. The van der Waals surface area contributed by atoms with Crippen LogP contribution in [0.4, 0.5) is 0 Å². The van der Waals surface area contributed by atoms with Gasteiger partial charge in [0.05, 0.1) is 0 Å². The number of hydrogen-bond donors (Lipinski definition) is 1. The fourth-order valence-electron chi connectivity index (χ4n) is 0.455. The van der Waals surface area contributed by atoms with Crippen molar-refractivity contribution in [3.8, 4) is 0 Å². The second-order valence-electron chi connectivity index (χ2n) is 2.47. The molecule has 0 aliphatic carbocycles. The van der Waals surface area contributed by atoms with Crippen LogP contribution in [0.5, 0.6) is 0 Å². The summed E-state index contributed by atoms with van der Waals surface area (Å²) in [4.78, 5) is 0. The topological polar surface area (TPSA) is 26.0 Å². The fourth-order valence-corrected chi connectivity index (χ4v) is 0.455. The molecule has 0 bridgehead atoms. The average molecular weight is 141 g/mol. The lowest BCUT2D eigenvalue weighted by Crippen LogP contribution is -2.16. The maximum Gasteiger partial charge on any atom is 0.0224 e. The minimum atomic E-state index is 0.222. The van der Waals surface area contributed by atoms with Gasteiger partial charge in [0.25, 0.3) is 0 Å². The van der Waals surface area contributed by atoms with Crippen LogP contribution in [0.3, 0.4) is 0 Å². The molecule has 0 aromatic rings. The van der Waals surface area contributed by atoms with Crippen molar-refractivity contribution in [3.05, 3.63) is 24.3 Å². The smallest absolute Gasteiger partial charge is 0.0224 e. The van der Waals surface area contributed by atoms with Crippen LogP contribution in [0.25, 0.3) is 0 Å². The van der Waals surface area contributed by atoms with E-state index in [-0.39, 0.29) is 6.04 Å². The molecule has 10 heavy (non-hydrogen) atoms. The van der Waals surface area contributed by atoms with Gasteiger partial charge in [-0.05, 0) is 27.7 Å². The minimum Gasteiger partial charge on any atom is -0.324 e. The minimum absolute atomic E-state index is 0.222. The van der Waals surface area contributed by atoms with E-state index in [9.17, 15) is 0 Å². The lowest BCUT2D eigenvalue weighted by molar-refractivity contribution is 0.845. The lowest BCUT2D eigenvalue weighted by Gasteiger charge is -2.06. The first-order chi connectivity index (χ1) is 4.55. The zero-order valence-corrected chi connectivity index (χ0v) is 7.57. The highest BCUT2D eigenvalue weighted by Gasteiger charge is 1.95. The molecule has 60 valence electrons. The summed E-state index contributed by atoms with van der Waals surface area (Å²) in [6, 6.07) is 0.222. The van der Waals surface area contributed by atoms with Crippen LogP contribution >= 0.6 is 0 Å². The van der Waals surface area contributed by atoms with Crippen LogP contribution in [0.15, 0.2) is 24.3 Å². The molecule has 1 nitrogen and oxygen atoms in total. The number of rotatable bonds is 1. The van der Waals surface area contributed by atoms with E-state index in [2.05, 4.69) is 33.9 Å². The van der Waals surface area contributed by atoms with E-state index in [0.29, 0.717) is 0 Å². The van der Waals surface area contributed by atoms with E-state index < -0.39 is 0 Å². The van der Waals surface area contributed by atoms with Crippen LogP contribution in [-0.2, 0) is 0 Å². The van der Waals surface area contributed by atoms with Crippen molar-refractivity contribution in [2.45, 2.75) is 33.7 Å². The van der Waals surface area contributed by atoms with Crippen molar-refractivity contribution in [2.24, 2.45) is 5.73 Å². The molecule has 1 atom stereocenters. The van der Waals surface area contributed by atoms with Gasteiger partial charge < -0.3 is 5.73 Å². The quantitative estimate of drug-likeness (QED) is 0.558. The molecule has 0 saturated heterocycles. The average Bonchev–Trinajstić information content (AvgIpc) is 1.90. The first-order valence-electron chi connectivity index (χ1n) is 3.45. The van der Waals surface area contributed by atoms with Crippen LogP contribution in [0.2, 0.25) is 0 Å². The number of hydrogen-bond acceptors (Lipinski definition) is 1. The maximum atomic E-state index is 5.58. The Balaban J connectivity index is 0. The highest BCUT2D eigenvalue weighted by atomic mass is 14.6. The molecule has 0 rings (SSSR count). The highest BCUT2D eigenvalue weighted by Crippen LogP contribution is 2.03. The van der Waals surface area contributed by atoms with E-state index in [1.165, 1.54) is 11.1 Å². The standard InChI is InChI=1S/C7H15N.C2H4/c1-5(2)6(3)7(4)8;1-2/h7H,8H2,1-4H3;1-2H2. The molecule has 1 unspecified atom stereocenters. The molecule has 0 radical (unpaired) electrons. The first-order valence-corrected chi connectivity index (χ1v) is 3.45. The molecule has 0 saturated carbocycles. The molecule has 2 N–H and O–H groups in total. The van der Waals surface area contributed by atoms with Crippen molar-refractivity contribution in [2.75, 3.05) is 0 Å². The number of allylic oxidation sites excluding steroid dienone is 1. The Labute approximate surface area is 64.6 Å². The summed E-state index contributed by atoms with van der Waals surface area (Å²) in [5, 5.41) is 0. The molecule has 1 heteroatoms. The van der Waals surface area contributed by atoms with Gasteiger partial charge in [0.15, 0.2) is 0 Å². The Morgan fingerprint density at radius 2 is 1.50 bits per heavy atom. The van der Waals surface area contributed by atoms with Gasteiger partial charge in [-0.25, -0.2) is 0 Å². The van der Waals surface area contributed by atoms with E-state index in [4.69, 9.17) is 5.73 Å². The van der Waals surface area contributed by atoms with E-state index in [1.807, 2.05) is 6.92 Å². The fraction of sp³-hybridized carbons (Fsp3) is 0.556. The van der Waals surface area contributed by atoms with E-state index >= 15 is 0 Å².